The van der Waals surface area contributed by atoms with Crippen LogP contribution in [0.1, 0.15) is 29.0 Å². The monoisotopic (exact) mass is 263 g/mol. The van der Waals surface area contributed by atoms with Gasteiger partial charge in [0.05, 0.1) is 30.2 Å². The molecule has 1 aromatic heterocycles. The maximum Gasteiger partial charge on any atom is 0.137 e. The van der Waals surface area contributed by atoms with E-state index in [0.29, 0.717) is 12.1 Å². The van der Waals surface area contributed by atoms with Crippen molar-refractivity contribution in [1.82, 2.24) is 14.8 Å². The molecule has 0 N–H and O–H groups in total. The van der Waals surface area contributed by atoms with Gasteiger partial charge in [0.15, 0.2) is 0 Å². The lowest BCUT2D eigenvalue weighted by Gasteiger charge is -2.29. The zero-order chi connectivity index (χ0) is 13.9. The molecule has 2 aromatic rings. The summed E-state index contributed by atoms with van der Waals surface area (Å²) in [6.45, 7) is 0.650. The highest BCUT2D eigenvalue weighted by molar-refractivity contribution is 5.42. The molecule has 2 atom stereocenters. The van der Waals surface area contributed by atoms with E-state index in [4.69, 9.17) is 5.26 Å². The highest BCUT2D eigenvalue weighted by atomic mass is 15.3. The number of aromatic nitrogens is 3. The highest BCUT2D eigenvalue weighted by Gasteiger charge is 2.30. The molecule has 2 unspecified atom stereocenters. The number of hydrogen-bond donors (Lipinski definition) is 0. The molecule has 0 fully saturated rings. The van der Waals surface area contributed by atoms with Gasteiger partial charge in [-0.3, -0.25) is 4.68 Å². The van der Waals surface area contributed by atoms with Crippen LogP contribution < -0.4 is 0 Å². The van der Waals surface area contributed by atoms with Gasteiger partial charge in [-0.25, -0.2) is 4.98 Å². The molecule has 1 aliphatic carbocycles. The Balaban J connectivity index is 1.98. The normalized spacial score (nSPS) is 20.7. The minimum absolute atomic E-state index is 0.0142. The summed E-state index contributed by atoms with van der Waals surface area (Å²) in [4.78, 5) is 3.95. The molecule has 1 aliphatic rings. The van der Waals surface area contributed by atoms with E-state index in [1.54, 1.807) is 11.0 Å². The summed E-state index contributed by atoms with van der Waals surface area (Å²) >= 11 is 0. The van der Waals surface area contributed by atoms with Gasteiger partial charge in [0.2, 0.25) is 0 Å². The first-order chi connectivity index (χ1) is 9.81. The van der Waals surface area contributed by atoms with Crippen LogP contribution in [-0.2, 0) is 13.0 Å². The molecule has 0 saturated carbocycles. The molecule has 3 rings (SSSR count). The summed E-state index contributed by atoms with van der Waals surface area (Å²) in [5.41, 5.74) is 3.02. The Labute approximate surface area is 117 Å². The van der Waals surface area contributed by atoms with Crippen molar-refractivity contribution in [2.45, 2.75) is 25.3 Å². The molecule has 1 heterocycles. The quantitative estimate of drug-likeness (QED) is 0.830. The summed E-state index contributed by atoms with van der Waals surface area (Å²) in [6, 6.07) is 10.3. The molecular weight excluding hydrogens is 250 g/mol. The molecule has 1 aromatic carbocycles. The summed E-state index contributed by atoms with van der Waals surface area (Å²) in [5.74, 6) is 0.0952. The van der Waals surface area contributed by atoms with E-state index in [-0.39, 0.29) is 11.8 Å². The summed E-state index contributed by atoms with van der Waals surface area (Å²) < 4.78 is 1.77. The lowest BCUT2D eigenvalue weighted by atomic mass is 9.75. The van der Waals surface area contributed by atoms with Crippen molar-refractivity contribution in [3.63, 3.8) is 0 Å². The number of rotatable bonds is 2. The molecule has 0 saturated heterocycles. The fourth-order valence-corrected chi connectivity index (χ4v) is 2.89. The first-order valence-corrected chi connectivity index (χ1v) is 6.57. The van der Waals surface area contributed by atoms with Gasteiger partial charge in [-0.15, -0.1) is 0 Å². The van der Waals surface area contributed by atoms with Crippen LogP contribution in [0.25, 0.3) is 0 Å². The highest BCUT2D eigenvalue weighted by Crippen LogP contribution is 2.37. The van der Waals surface area contributed by atoms with Gasteiger partial charge in [-0.2, -0.15) is 15.6 Å². The van der Waals surface area contributed by atoms with Gasteiger partial charge in [-0.05, 0) is 36.1 Å². The zero-order valence-electron chi connectivity index (χ0n) is 10.9. The standard InChI is InChI=1S/C15H13N5/c16-6-11-1-4-14-12(5-11)2-3-13(7-17)15(14)8-20-10-18-9-19-20/h1,4-5,9-10,13,15H,2-3,8H2. The second kappa shape index (κ2) is 5.14. The van der Waals surface area contributed by atoms with Gasteiger partial charge < -0.3 is 0 Å². The Hall–Kier alpha value is -2.66. The van der Waals surface area contributed by atoms with Gasteiger partial charge >= 0.3 is 0 Å². The van der Waals surface area contributed by atoms with Crippen molar-refractivity contribution < 1.29 is 0 Å². The second-order valence-corrected chi connectivity index (χ2v) is 5.02. The van der Waals surface area contributed by atoms with Crippen LogP contribution in [-0.4, -0.2) is 14.8 Å². The fourth-order valence-electron chi connectivity index (χ4n) is 2.89. The van der Waals surface area contributed by atoms with E-state index in [1.165, 1.54) is 11.9 Å². The van der Waals surface area contributed by atoms with Crippen molar-refractivity contribution in [1.29, 1.82) is 10.5 Å². The smallest absolute Gasteiger partial charge is 0.137 e. The molecule has 0 amide bonds. The second-order valence-electron chi connectivity index (χ2n) is 5.02. The first kappa shape index (κ1) is 12.4. The molecule has 20 heavy (non-hydrogen) atoms. The third-order valence-electron chi connectivity index (χ3n) is 3.90. The van der Waals surface area contributed by atoms with Crippen molar-refractivity contribution in [3.05, 3.63) is 47.5 Å². The van der Waals surface area contributed by atoms with Crippen LogP contribution in [0.3, 0.4) is 0 Å². The van der Waals surface area contributed by atoms with Crippen molar-refractivity contribution in [3.8, 4) is 12.1 Å². The fraction of sp³-hybridized carbons (Fsp3) is 0.333. The minimum atomic E-state index is -0.0142. The van der Waals surface area contributed by atoms with E-state index in [9.17, 15) is 5.26 Å². The van der Waals surface area contributed by atoms with Gasteiger partial charge in [-0.1, -0.05) is 6.07 Å². The zero-order valence-corrected chi connectivity index (χ0v) is 10.9. The largest absolute Gasteiger partial charge is 0.252 e. The third-order valence-corrected chi connectivity index (χ3v) is 3.90. The number of fused-ring (bicyclic) bond motifs is 1. The SMILES string of the molecule is N#Cc1ccc2c(c1)CCC(C#N)C2Cn1cncn1. The van der Waals surface area contributed by atoms with E-state index >= 15 is 0 Å². The molecule has 5 nitrogen and oxygen atoms in total. The average molecular weight is 263 g/mol. The summed E-state index contributed by atoms with van der Waals surface area (Å²) in [6.07, 6.45) is 4.87. The molecule has 5 heteroatoms. The van der Waals surface area contributed by atoms with Crippen LogP contribution in [0.2, 0.25) is 0 Å². The lowest BCUT2D eigenvalue weighted by Crippen LogP contribution is -2.24. The Morgan fingerprint density at radius 1 is 1.35 bits per heavy atom. The van der Waals surface area contributed by atoms with Gasteiger partial charge in [0, 0.05) is 5.92 Å². The molecule has 98 valence electrons. The predicted molar refractivity (Wildman–Crippen MR) is 71.3 cm³/mol. The van der Waals surface area contributed by atoms with E-state index in [1.807, 2.05) is 18.2 Å². The average Bonchev–Trinajstić information content (AvgIpc) is 3.00. The molecular formula is C15H13N5. The van der Waals surface area contributed by atoms with E-state index < -0.39 is 0 Å². The molecule has 0 bridgehead atoms. The van der Waals surface area contributed by atoms with Crippen molar-refractivity contribution >= 4 is 0 Å². The van der Waals surface area contributed by atoms with Gasteiger partial charge in [0.1, 0.15) is 12.7 Å². The Morgan fingerprint density at radius 3 is 2.95 bits per heavy atom. The van der Waals surface area contributed by atoms with Crippen LogP contribution in [0.5, 0.6) is 0 Å². The number of nitriles is 2. The molecule has 0 spiro atoms. The topological polar surface area (TPSA) is 78.3 Å². The third kappa shape index (κ3) is 2.15. The van der Waals surface area contributed by atoms with E-state index in [2.05, 4.69) is 22.2 Å². The Bertz CT molecular complexity index is 690. The number of nitrogens with zero attached hydrogens (tertiary/aromatic N) is 5. The predicted octanol–water partition coefficient (Wildman–Crippen LogP) is 2.02. The summed E-state index contributed by atoms with van der Waals surface area (Å²) in [7, 11) is 0. The lowest BCUT2D eigenvalue weighted by molar-refractivity contribution is 0.389. The molecule has 0 radical (unpaired) electrons. The van der Waals surface area contributed by atoms with Crippen molar-refractivity contribution in [2.24, 2.45) is 5.92 Å². The van der Waals surface area contributed by atoms with Crippen molar-refractivity contribution in [2.75, 3.05) is 0 Å². The number of benzene rings is 1. The Kier molecular flexibility index (Phi) is 3.18. The van der Waals surface area contributed by atoms with E-state index in [0.717, 1.165) is 18.4 Å². The number of aryl methyl sites for hydroxylation is 1. The number of hydrogen-bond acceptors (Lipinski definition) is 4. The summed E-state index contributed by atoms with van der Waals surface area (Å²) in [5, 5.41) is 22.5. The Morgan fingerprint density at radius 2 is 2.25 bits per heavy atom. The minimum Gasteiger partial charge on any atom is -0.252 e. The van der Waals surface area contributed by atoms with Crippen LogP contribution >= 0.6 is 0 Å². The van der Waals surface area contributed by atoms with Crippen LogP contribution in [0.15, 0.2) is 30.9 Å². The van der Waals surface area contributed by atoms with Crippen LogP contribution in [0.4, 0.5) is 0 Å². The van der Waals surface area contributed by atoms with Gasteiger partial charge in [0.25, 0.3) is 0 Å². The first-order valence-electron chi connectivity index (χ1n) is 6.57. The maximum absolute atomic E-state index is 9.37. The van der Waals surface area contributed by atoms with Crippen LogP contribution in [0, 0.1) is 28.6 Å². The molecule has 0 aliphatic heterocycles. The maximum atomic E-state index is 9.37.